The minimum absolute atomic E-state index is 0.220. The van der Waals surface area contributed by atoms with Gasteiger partial charge in [-0.05, 0) is 20.8 Å². The van der Waals surface area contributed by atoms with Crippen molar-refractivity contribution in [2.75, 3.05) is 6.54 Å². The topological polar surface area (TPSA) is 106 Å². The number of nitrogens with two attached hydrogens (primary N) is 2. The third-order valence-corrected chi connectivity index (χ3v) is 1.53. The minimum Gasteiger partial charge on any atom is -0.370 e. The monoisotopic (exact) mass is 201 g/mol. The first-order chi connectivity index (χ1) is 6.41. The van der Waals surface area contributed by atoms with E-state index in [2.05, 4.69) is 15.7 Å². The lowest BCUT2D eigenvalue weighted by Crippen LogP contribution is -2.52. The van der Waals surface area contributed by atoms with Crippen molar-refractivity contribution >= 4 is 11.9 Å². The van der Waals surface area contributed by atoms with Crippen molar-refractivity contribution in [3.05, 3.63) is 0 Å². The van der Waals surface area contributed by atoms with Gasteiger partial charge in [-0.25, -0.2) is 5.84 Å². The van der Waals surface area contributed by atoms with Crippen LogP contribution in [0, 0.1) is 0 Å². The van der Waals surface area contributed by atoms with Crippen molar-refractivity contribution in [2.24, 2.45) is 16.6 Å². The fraction of sp³-hybridized carbons (Fsp3) is 0.750. The summed E-state index contributed by atoms with van der Waals surface area (Å²) in [6.45, 7) is 6.19. The van der Waals surface area contributed by atoms with Crippen LogP contribution in [-0.2, 0) is 4.79 Å². The van der Waals surface area contributed by atoms with Crippen LogP contribution in [-0.4, -0.2) is 24.0 Å². The fourth-order valence-corrected chi connectivity index (χ4v) is 1.08. The van der Waals surface area contributed by atoms with Gasteiger partial charge in [0.2, 0.25) is 11.9 Å². The van der Waals surface area contributed by atoms with E-state index in [1.807, 2.05) is 20.8 Å². The summed E-state index contributed by atoms with van der Waals surface area (Å²) in [5.74, 6) is 5.33. The number of nitrogens with one attached hydrogen (secondary N) is 2. The van der Waals surface area contributed by atoms with Crippen LogP contribution in [0.15, 0.2) is 4.99 Å². The minimum atomic E-state index is -0.452. The molecule has 0 unspecified atom stereocenters. The second kappa shape index (κ2) is 5.43. The number of guanidine groups is 1. The largest absolute Gasteiger partial charge is 0.370 e. The molecule has 0 rings (SSSR count). The van der Waals surface area contributed by atoms with Gasteiger partial charge < -0.3 is 11.1 Å². The van der Waals surface area contributed by atoms with Crippen LogP contribution in [0.2, 0.25) is 0 Å². The van der Waals surface area contributed by atoms with Crippen LogP contribution in [0.4, 0.5) is 0 Å². The lowest BCUT2D eigenvalue weighted by atomic mass is 10.0. The van der Waals surface area contributed by atoms with Crippen LogP contribution in [0.25, 0.3) is 0 Å². The zero-order chi connectivity index (χ0) is 11.2. The number of rotatable bonds is 4. The zero-order valence-electron chi connectivity index (χ0n) is 8.92. The Labute approximate surface area is 84.1 Å². The average Bonchev–Trinajstić information content (AvgIpc) is 2.00. The molecule has 6 heteroatoms. The van der Waals surface area contributed by atoms with Crippen LogP contribution in [0.1, 0.15) is 27.2 Å². The van der Waals surface area contributed by atoms with E-state index in [0.29, 0.717) is 12.5 Å². The molecule has 0 atom stereocenters. The Balaban J connectivity index is 4.31. The van der Waals surface area contributed by atoms with Gasteiger partial charge in [0.1, 0.15) is 0 Å². The summed E-state index contributed by atoms with van der Waals surface area (Å²) >= 11 is 0. The molecule has 0 bridgehead atoms. The van der Waals surface area contributed by atoms with Crippen LogP contribution in [0.3, 0.4) is 0 Å². The quantitative estimate of drug-likeness (QED) is 0.204. The zero-order valence-corrected chi connectivity index (χ0v) is 8.92. The van der Waals surface area contributed by atoms with Crippen LogP contribution >= 0.6 is 0 Å². The molecule has 0 aromatic heterocycles. The van der Waals surface area contributed by atoms with Gasteiger partial charge in [-0.2, -0.15) is 0 Å². The molecule has 0 saturated carbocycles. The van der Waals surface area contributed by atoms with Gasteiger partial charge >= 0.3 is 0 Å². The number of hydrazine groups is 1. The standard InChI is InChI=1S/C8H19N5O/c1-4-11-7(13-10)12-8(2,3)5-6(9)14/h4-5,10H2,1-3H3,(H2,9,14)(H2,11,12,13). The molecule has 0 radical (unpaired) electrons. The summed E-state index contributed by atoms with van der Waals surface area (Å²) in [6.07, 6.45) is 0.220. The van der Waals surface area contributed by atoms with Gasteiger partial charge in [-0.3, -0.25) is 15.2 Å². The molecular weight excluding hydrogens is 182 g/mol. The molecule has 0 saturated heterocycles. The molecule has 6 N–H and O–H groups in total. The van der Waals surface area contributed by atoms with E-state index in [0.717, 1.165) is 0 Å². The first-order valence-corrected chi connectivity index (χ1v) is 4.49. The highest BCUT2D eigenvalue weighted by atomic mass is 16.1. The van der Waals surface area contributed by atoms with E-state index in [-0.39, 0.29) is 12.3 Å². The van der Waals surface area contributed by atoms with Gasteiger partial charge in [0, 0.05) is 18.5 Å². The second-order valence-corrected chi connectivity index (χ2v) is 3.62. The summed E-state index contributed by atoms with van der Waals surface area (Å²) in [7, 11) is 0. The van der Waals surface area contributed by atoms with E-state index in [1.165, 1.54) is 0 Å². The van der Waals surface area contributed by atoms with E-state index in [4.69, 9.17) is 11.6 Å². The van der Waals surface area contributed by atoms with Crippen molar-refractivity contribution in [3.8, 4) is 0 Å². The predicted octanol–water partition coefficient (Wildman–Crippen LogP) is -0.931. The van der Waals surface area contributed by atoms with Crippen LogP contribution in [0.5, 0.6) is 0 Å². The maximum atomic E-state index is 10.7. The molecule has 0 aromatic rings. The first-order valence-electron chi connectivity index (χ1n) is 4.49. The maximum Gasteiger partial charge on any atom is 0.219 e. The molecule has 0 aliphatic rings. The molecular formula is C8H19N5O. The molecule has 0 aromatic carbocycles. The molecule has 0 fully saturated rings. The SMILES string of the molecule is CCN=C(NN)NC(C)(C)CC(N)=O. The van der Waals surface area contributed by atoms with Crippen molar-refractivity contribution in [1.82, 2.24) is 10.7 Å². The number of primary amides is 1. The Morgan fingerprint density at radius 2 is 2.07 bits per heavy atom. The summed E-state index contributed by atoms with van der Waals surface area (Å²) in [4.78, 5) is 14.8. The van der Waals surface area contributed by atoms with E-state index < -0.39 is 5.54 Å². The number of aliphatic imine (C=N–C) groups is 1. The number of nitrogens with zero attached hydrogens (tertiary/aromatic N) is 1. The predicted molar refractivity (Wildman–Crippen MR) is 56.3 cm³/mol. The van der Waals surface area contributed by atoms with Gasteiger partial charge in [0.05, 0.1) is 0 Å². The molecule has 0 aliphatic heterocycles. The van der Waals surface area contributed by atoms with Crippen molar-refractivity contribution < 1.29 is 4.79 Å². The van der Waals surface area contributed by atoms with E-state index in [9.17, 15) is 4.79 Å². The smallest absolute Gasteiger partial charge is 0.219 e. The Morgan fingerprint density at radius 1 is 1.50 bits per heavy atom. The Kier molecular flexibility index (Phi) is 4.93. The van der Waals surface area contributed by atoms with E-state index in [1.54, 1.807) is 0 Å². The van der Waals surface area contributed by atoms with Gasteiger partial charge in [0.15, 0.2) is 0 Å². The summed E-state index contributed by atoms with van der Waals surface area (Å²) in [5.41, 5.74) is 7.07. The number of hydrogen-bond acceptors (Lipinski definition) is 3. The molecule has 14 heavy (non-hydrogen) atoms. The average molecular weight is 201 g/mol. The molecule has 0 aliphatic carbocycles. The number of carbonyl (C=O) groups excluding carboxylic acids is 1. The Morgan fingerprint density at radius 3 is 2.43 bits per heavy atom. The van der Waals surface area contributed by atoms with Gasteiger partial charge in [0.25, 0.3) is 0 Å². The number of carbonyl (C=O) groups is 1. The molecule has 6 nitrogen and oxygen atoms in total. The highest BCUT2D eigenvalue weighted by molar-refractivity contribution is 5.81. The fourth-order valence-electron chi connectivity index (χ4n) is 1.08. The summed E-state index contributed by atoms with van der Waals surface area (Å²) < 4.78 is 0. The molecule has 0 spiro atoms. The molecule has 1 amide bonds. The lowest BCUT2D eigenvalue weighted by Gasteiger charge is -2.26. The highest BCUT2D eigenvalue weighted by Crippen LogP contribution is 2.06. The third-order valence-electron chi connectivity index (χ3n) is 1.53. The second-order valence-electron chi connectivity index (χ2n) is 3.62. The van der Waals surface area contributed by atoms with Crippen molar-refractivity contribution in [3.63, 3.8) is 0 Å². The van der Waals surface area contributed by atoms with Crippen molar-refractivity contribution in [2.45, 2.75) is 32.7 Å². The Bertz CT molecular complexity index is 224. The normalized spacial score (nSPS) is 12.4. The van der Waals surface area contributed by atoms with Crippen molar-refractivity contribution in [1.29, 1.82) is 0 Å². The summed E-state index contributed by atoms with van der Waals surface area (Å²) in [5, 5.41) is 2.99. The first kappa shape index (κ1) is 12.7. The third kappa shape index (κ3) is 5.36. The van der Waals surface area contributed by atoms with E-state index >= 15 is 0 Å². The summed E-state index contributed by atoms with van der Waals surface area (Å²) in [6, 6.07) is 0. The maximum absolute atomic E-state index is 10.7. The highest BCUT2D eigenvalue weighted by Gasteiger charge is 2.21. The molecule has 82 valence electrons. The van der Waals surface area contributed by atoms with Gasteiger partial charge in [-0.1, -0.05) is 0 Å². The van der Waals surface area contributed by atoms with Gasteiger partial charge in [-0.15, -0.1) is 0 Å². The van der Waals surface area contributed by atoms with Crippen LogP contribution < -0.4 is 22.3 Å². The Hall–Kier alpha value is -1.30. The lowest BCUT2D eigenvalue weighted by molar-refractivity contribution is -0.119. The molecule has 0 heterocycles. The number of amides is 1. The number of hydrogen-bond donors (Lipinski definition) is 4.